The number of fused-ring (bicyclic) bond motifs is 1. The third-order valence-electron chi connectivity index (χ3n) is 3.79. The van der Waals surface area contributed by atoms with E-state index >= 15 is 0 Å². The van der Waals surface area contributed by atoms with Gasteiger partial charge in [-0.25, -0.2) is 0 Å². The zero-order valence-electron chi connectivity index (χ0n) is 11.4. The van der Waals surface area contributed by atoms with Crippen LogP contribution in [-0.4, -0.2) is 16.1 Å². The highest BCUT2D eigenvalue weighted by Gasteiger charge is 2.15. The lowest BCUT2D eigenvalue weighted by Gasteiger charge is -2.15. The van der Waals surface area contributed by atoms with E-state index in [1.807, 2.05) is 0 Å². The van der Waals surface area contributed by atoms with Gasteiger partial charge < -0.3 is 10.5 Å². The number of rotatable bonds is 2. The maximum absolute atomic E-state index is 12.0. The Bertz CT molecular complexity index is 658. The number of aromatic nitrogens is 2. The predicted octanol–water partition coefficient (Wildman–Crippen LogP) is 2.61. The second-order valence-electron chi connectivity index (χ2n) is 5.38. The van der Waals surface area contributed by atoms with E-state index < -0.39 is 0 Å². The average Bonchev–Trinajstić information content (AvgIpc) is 2.68. The molecule has 1 aliphatic rings. The standard InChI is InChI=1S/C15H19N3O2/c16-10-7-8-13-12(9-10)14(19)18-15(17-13)20-11-5-3-1-2-4-6-11/h7-9,11H,1-6,16H2,(H,17,18,19). The fourth-order valence-electron chi connectivity index (χ4n) is 2.71. The molecule has 0 spiro atoms. The summed E-state index contributed by atoms with van der Waals surface area (Å²) in [6, 6.07) is 5.44. The van der Waals surface area contributed by atoms with Crippen molar-refractivity contribution < 1.29 is 4.74 Å². The third-order valence-corrected chi connectivity index (χ3v) is 3.79. The van der Waals surface area contributed by atoms with Crippen molar-refractivity contribution in [3.8, 4) is 6.01 Å². The highest BCUT2D eigenvalue weighted by Crippen LogP contribution is 2.21. The van der Waals surface area contributed by atoms with E-state index in [1.54, 1.807) is 18.2 Å². The monoisotopic (exact) mass is 273 g/mol. The molecule has 1 aromatic heterocycles. The average molecular weight is 273 g/mol. The van der Waals surface area contributed by atoms with Gasteiger partial charge in [0.05, 0.1) is 10.9 Å². The first kappa shape index (κ1) is 13.0. The molecule has 1 saturated carbocycles. The van der Waals surface area contributed by atoms with Gasteiger partial charge in [-0.3, -0.25) is 9.78 Å². The van der Waals surface area contributed by atoms with Gasteiger partial charge in [0.25, 0.3) is 11.6 Å². The van der Waals surface area contributed by atoms with Crippen LogP contribution in [0.2, 0.25) is 0 Å². The third kappa shape index (κ3) is 2.76. The fraction of sp³-hybridized carbons (Fsp3) is 0.467. The summed E-state index contributed by atoms with van der Waals surface area (Å²) < 4.78 is 5.86. The van der Waals surface area contributed by atoms with Crippen molar-refractivity contribution in [2.75, 3.05) is 5.73 Å². The zero-order chi connectivity index (χ0) is 13.9. The maximum atomic E-state index is 12.0. The second-order valence-corrected chi connectivity index (χ2v) is 5.38. The van der Waals surface area contributed by atoms with Crippen molar-refractivity contribution in [1.29, 1.82) is 0 Å². The van der Waals surface area contributed by atoms with Crippen LogP contribution in [0, 0.1) is 0 Å². The Kier molecular flexibility index (Phi) is 3.58. The van der Waals surface area contributed by atoms with Crippen molar-refractivity contribution in [2.24, 2.45) is 0 Å². The van der Waals surface area contributed by atoms with Crippen molar-refractivity contribution >= 4 is 16.6 Å². The van der Waals surface area contributed by atoms with Crippen LogP contribution >= 0.6 is 0 Å². The van der Waals surface area contributed by atoms with Crippen molar-refractivity contribution in [3.63, 3.8) is 0 Å². The fourth-order valence-corrected chi connectivity index (χ4v) is 2.71. The van der Waals surface area contributed by atoms with E-state index in [0.29, 0.717) is 22.6 Å². The molecule has 1 heterocycles. The number of anilines is 1. The number of ether oxygens (including phenoxy) is 1. The van der Waals surface area contributed by atoms with Crippen molar-refractivity contribution in [2.45, 2.75) is 44.6 Å². The molecule has 0 aliphatic heterocycles. The minimum absolute atomic E-state index is 0.159. The molecule has 0 saturated heterocycles. The van der Waals surface area contributed by atoms with Crippen molar-refractivity contribution in [3.05, 3.63) is 28.6 Å². The number of hydrogen-bond donors (Lipinski definition) is 2. The first-order valence-corrected chi connectivity index (χ1v) is 7.18. The first-order valence-electron chi connectivity index (χ1n) is 7.18. The molecular formula is C15H19N3O2. The van der Waals surface area contributed by atoms with Crippen LogP contribution in [0.5, 0.6) is 6.01 Å². The zero-order valence-corrected chi connectivity index (χ0v) is 11.4. The summed E-state index contributed by atoms with van der Waals surface area (Å²) in [7, 11) is 0. The Morgan fingerprint density at radius 2 is 1.95 bits per heavy atom. The van der Waals surface area contributed by atoms with Gasteiger partial charge >= 0.3 is 0 Å². The van der Waals surface area contributed by atoms with Crippen LogP contribution in [0.1, 0.15) is 38.5 Å². The molecule has 0 radical (unpaired) electrons. The van der Waals surface area contributed by atoms with Gasteiger partial charge in [0.2, 0.25) is 0 Å². The quantitative estimate of drug-likeness (QED) is 0.651. The molecule has 1 aromatic carbocycles. The molecular weight excluding hydrogens is 254 g/mol. The Hall–Kier alpha value is -2.04. The number of nitrogens with two attached hydrogens (primary N) is 1. The lowest BCUT2D eigenvalue weighted by molar-refractivity contribution is 0.168. The highest BCUT2D eigenvalue weighted by molar-refractivity contribution is 5.81. The van der Waals surface area contributed by atoms with Crippen LogP contribution in [0.3, 0.4) is 0 Å². The second kappa shape index (κ2) is 5.53. The van der Waals surface area contributed by atoms with Gasteiger partial charge in [-0.05, 0) is 43.9 Å². The van der Waals surface area contributed by atoms with Crippen LogP contribution in [0.15, 0.2) is 23.0 Å². The molecule has 3 rings (SSSR count). The van der Waals surface area contributed by atoms with Gasteiger partial charge in [0.15, 0.2) is 0 Å². The Morgan fingerprint density at radius 3 is 2.70 bits per heavy atom. The van der Waals surface area contributed by atoms with Crippen molar-refractivity contribution in [1.82, 2.24) is 9.97 Å². The molecule has 2 aromatic rings. The summed E-state index contributed by atoms with van der Waals surface area (Å²) in [5.74, 6) is 0. The normalized spacial score (nSPS) is 17.0. The smallest absolute Gasteiger partial charge is 0.297 e. The van der Waals surface area contributed by atoms with E-state index in [0.717, 1.165) is 12.8 Å². The van der Waals surface area contributed by atoms with Crippen LogP contribution < -0.4 is 16.0 Å². The first-order chi connectivity index (χ1) is 9.72. The molecule has 20 heavy (non-hydrogen) atoms. The summed E-state index contributed by atoms with van der Waals surface area (Å²) >= 11 is 0. The van der Waals surface area contributed by atoms with E-state index in [4.69, 9.17) is 10.5 Å². The van der Waals surface area contributed by atoms with Gasteiger partial charge in [-0.15, -0.1) is 0 Å². The number of nitrogen functional groups attached to an aromatic ring is 1. The van der Waals surface area contributed by atoms with E-state index in [-0.39, 0.29) is 11.7 Å². The van der Waals surface area contributed by atoms with Crippen LogP contribution in [-0.2, 0) is 0 Å². The van der Waals surface area contributed by atoms with E-state index in [1.165, 1.54) is 25.7 Å². The van der Waals surface area contributed by atoms with Gasteiger partial charge in [0, 0.05) is 5.69 Å². The molecule has 106 valence electrons. The molecule has 1 aliphatic carbocycles. The molecule has 3 N–H and O–H groups in total. The summed E-state index contributed by atoms with van der Waals surface area (Å²) in [4.78, 5) is 19.1. The molecule has 0 amide bonds. The van der Waals surface area contributed by atoms with E-state index in [9.17, 15) is 4.79 Å². The summed E-state index contributed by atoms with van der Waals surface area (Å²) in [6.07, 6.45) is 7.11. The van der Waals surface area contributed by atoms with Gasteiger partial charge in [-0.2, -0.15) is 4.98 Å². The lowest BCUT2D eigenvalue weighted by atomic mass is 10.1. The minimum Gasteiger partial charge on any atom is -0.461 e. The number of hydrogen-bond acceptors (Lipinski definition) is 4. The molecule has 5 nitrogen and oxygen atoms in total. The summed E-state index contributed by atoms with van der Waals surface area (Å²) in [6.45, 7) is 0. The molecule has 5 heteroatoms. The number of aromatic amines is 1. The Labute approximate surface area is 117 Å². The van der Waals surface area contributed by atoms with Gasteiger partial charge in [0.1, 0.15) is 6.10 Å². The number of H-pyrrole nitrogens is 1. The number of nitrogens with zero attached hydrogens (tertiary/aromatic N) is 1. The lowest BCUT2D eigenvalue weighted by Crippen LogP contribution is -2.19. The number of nitrogens with one attached hydrogen (secondary N) is 1. The van der Waals surface area contributed by atoms with Gasteiger partial charge in [-0.1, -0.05) is 12.8 Å². The van der Waals surface area contributed by atoms with Crippen LogP contribution in [0.4, 0.5) is 5.69 Å². The molecule has 0 unspecified atom stereocenters. The SMILES string of the molecule is Nc1ccc2nc(OC3CCCCCC3)[nH]c(=O)c2c1. The van der Waals surface area contributed by atoms with E-state index in [2.05, 4.69) is 9.97 Å². The molecule has 1 fully saturated rings. The molecule has 0 bridgehead atoms. The predicted molar refractivity (Wildman–Crippen MR) is 78.9 cm³/mol. The summed E-state index contributed by atoms with van der Waals surface area (Å²) in [5, 5.41) is 0.498. The highest BCUT2D eigenvalue weighted by atomic mass is 16.5. The number of benzene rings is 1. The topological polar surface area (TPSA) is 81.0 Å². The maximum Gasteiger partial charge on any atom is 0.297 e. The van der Waals surface area contributed by atoms with Crippen LogP contribution in [0.25, 0.3) is 10.9 Å². The summed E-state index contributed by atoms with van der Waals surface area (Å²) in [5.41, 5.74) is 6.66. The molecule has 0 atom stereocenters. The Morgan fingerprint density at radius 1 is 1.20 bits per heavy atom. The minimum atomic E-state index is -0.203. The Balaban J connectivity index is 1.88. The largest absolute Gasteiger partial charge is 0.461 e.